The number of rotatable bonds is 0. The van der Waals surface area contributed by atoms with E-state index in [0.717, 1.165) is 11.1 Å². The Morgan fingerprint density at radius 2 is 2.50 bits per heavy atom. The maximum atomic E-state index is 5.23. The zero-order valence-corrected chi connectivity index (χ0v) is 5.59. The van der Waals surface area contributed by atoms with Crippen LogP contribution in [-0.2, 0) is 0 Å². The molecule has 2 nitrogen and oxygen atoms in total. The van der Waals surface area contributed by atoms with Gasteiger partial charge in [-0.1, -0.05) is 12.1 Å². The summed E-state index contributed by atoms with van der Waals surface area (Å²) in [6.45, 7) is 1.83. The molecule has 0 saturated heterocycles. The fourth-order valence-corrected chi connectivity index (χ4v) is 0.922. The SMILES string of the molecule is Cc1nc2[c]cccc2o1. The number of para-hydroxylation sites is 1. The minimum Gasteiger partial charge on any atom is -0.441 e. The van der Waals surface area contributed by atoms with Crippen molar-refractivity contribution in [3.05, 3.63) is 30.2 Å². The van der Waals surface area contributed by atoms with Gasteiger partial charge in [0.25, 0.3) is 0 Å². The summed E-state index contributed by atoms with van der Waals surface area (Å²) < 4.78 is 5.23. The van der Waals surface area contributed by atoms with Gasteiger partial charge in [-0.25, -0.2) is 4.98 Å². The summed E-state index contributed by atoms with van der Waals surface area (Å²) in [5.41, 5.74) is 1.61. The number of aryl methyl sites for hydroxylation is 1. The average Bonchev–Trinajstić information content (AvgIpc) is 2.27. The van der Waals surface area contributed by atoms with Crippen LogP contribution in [0.2, 0.25) is 0 Å². The molecule has 0 amide bonds. The van der Waals surface area contributed by atoms with Gasteiger partial charge in [0.15, 0.2) is 11.5 Å². The Labute approximate surface area is 58.5 Å². The molecule has 0 N–H and O–H groups in total. The minimum absolute atomic E-state index is 0.692. The number of nitrogens with zero attached hydrogens (tertiary/aromatic N) is 1. The van der Waals surface area contributed by atoms with Crippen LogP contribution in [0, 0.1) is 13.0 Å². The van der Waals surface area contributed by atoms with Gasteiger partial charge in [-0.15, -0.1) is 0 Å². The average molecular weight is 132 g/mol. The van der Waals surface area contributed by atoms with E-state index in [9.17, 15) is 0 Å². The molecule has 0 atom stereocenters. The molecule has 2 rings (SSSR count). The predicted octanol–water partition coefficient (Wildman–Crippen LogP) is 1.94. The molecule has 0 spiro atoms. The lowest BCUT2D eigenvalue weighted by atomic mass is 10.3. The van der Waals surface area contributed by atoms with E-state index in [1.165, 1.54) is 0 Å². The number of hydrogen-bond donors (Lipinski definition) is 0. The highest BCUT2D eigenvalue weighted by Crippen LogP contribution is 2.12. The highest BCUT2D eigenvalue weighted by atomic mass is 16.3. The number of hydrogen-bond acceptors (Lipinski definition) is 2. The second kappa shape index (κ2) is 1.84. The molecular weight excluding hydrogens is 126 g/mol. The molecule has 2 aromatic rings. The summed E-state index contributed by atoms with van der Waals surface area (Å²) in [7, 11) is 0. The molecule has 0 aliphatic rings. The third-order valence-electron chi connectivity index (χ3n) is 1.32. The van der Waals surface area contributed by atoms with Crippen molar-refractivity contribution in [1.29, 1.82) is 0 Å². The Hall–Kier alpha value is -1.31. The molecule has 1 aromatic carbocycles. The quantitative estimate of drug-likeness (QED) is 0.547. The van der Waals surface area contributed by atoms with Crippen LogP contribution in [0.25, 0.3) is 11.1 Å². The molecule has 0 unspecified atom stereocenters. The van der Waals surface area contributed by atoms with E-state index in [4.69, 9.17) is 4.42 Å². The molecule has 49 valence electrons. The molecule has 0 fully saturated rings. The summed E-state index contributed by atoms with van der Waals surface area (Å²) >= 11 is 0. The van der Waals surface area contributed by atoms with Crippen molar-refractivity contribution in [1.82, 2.24) is 4.98 Å². The van der Waals surface area contributed by atoms with Gasteiger partial charge >= 0.3 is 0 Å². The first-order valence-corrected chi connectivity index (χ1v) is 3.10. The van der Waals surface area contributed by atoms with Gasteiger partial charge in [0, 0.05) is 13.0 Å². The van der Waals surface area contributed by atoms with Gasteiger partial charge < -0.3 is 4.42 Å². The van der Waals surface area contributed by atoms with Crippen LogP contribution in [0.15, 0.2) is 22.6 Å². The van der Waals surface area contributed by atoms with Crippen LogP contribution < -0.4 is 0 Å². The maximum absolute atomic E-state index is 5.23. The molecule has 1 radical (unpaired) electrons. The van der Waals surface area contributed by atoms with Crippen LogP contribution in [0.3, 0.4) is 0 Å². The first kappa shape index (κ1) is 5.47. The number of fused-ring (bicyclic) bond motifs is 1. The second-order valence-electron chi connectivity index (χ2n) is 2.12. The molecule has 0 aliphatic carbocycles. The Morgan fingerprint density at radius 1 is 1.60 bits per heavy atom. The lowest BCUT2D eigenvalue weighted by Crippen LogP contribution is -1.66. The smallest absolute Gasteiger partial charge is 0.192 e. The molecule has 1 aromatic heterocycles. The topological polar surface area (TPSA) is 26.0 Å². The fourth-order valence-electron chi connectivity index (χ4n) is 0.922. The van der Waals surface area contributed by atoms with Crippen molar-refractivity contribution in [2.45, 2.75) is 6.92 Å². The summed E-state index contributed by atoms with van der Waals surface area (Å²) in [4.78, 5) is 4.09. The van der Waals surface area contributed by atoms with E-state index in [2.05, 4.69) is 11.1 Å². The van der Waals surface area contributed by atoms with E-state index >= 15 is 0 Å². The highest BCUT2D eigenvalue weighted by molar-refractivity contribution is 5.71. The largest absolute Gasteiger partial charge is 0.441 e. The van der Waals surface area contributed by atoms with Crippen LogP contribution in [0.4, 0.5) is 0 Å². The van der Waals surface area contributed by atoms with Crippen molar-refractivity contribution in [3.63, 3.8) is 0 Å². The number of aromatic nitrogens is 1. The lowest BCUT2D eigenvalue weighted by Gasteiger charge is -1.78. The third-order valence-corrected chi connectivity index (χ3v) is 1.32. The third kappa shape index (κ3) is 0.692. The van der Waals surface area contributed by atoms with Gasteiger partial charge in [-0.05, 0) is 6.07 Å². The van der Waals surface area contributed by atoms with E-state index in [-0.39, 0.29) is 0 Å². The Bertz CT molecular complexity index is 318. The fraction of sp³-hybridized carbons (Fsp3) is 0.125. The maximum Gasteiger partial charge on any atom is 0.192 e. The van der Waals surface area contributed by atoms with Gasteiger partial charge in [-0.3, -0.25) is 0 Å². The van der Waals surface area contributed by atoms with Crippen molar-refractivity contribution in [2.75, 3.05) is 0 Å². The van der Waals surface area contributed by atoms with Crippen molar-refractivity contribution in [3.8, 4) is 0 Å². The number of oxazole rings is 1. The Balaban J connectivity index is 2.88. The van der Waals surface area contributed by atoms with Crippen molar-refractivity contribution in [2.24, 2.45) is 0 Å². The normalized spacial score (nSPS) is 10.5. The van der Waals surface area contributed by atoms with Crippen LogP contribution in [0.1, 0.15) is 5.89 Å². The van der Waals surface area contributed by atoms with Gasteiger partial charge in [0.2, 0.25) is 0 Å². The Kier molecular flexibility index (Phi) is 1.01. The van der Waals surface area contributed by atoms with Crippen LogP contribution in [-0.4, -0.2) is 4.98 Å². The Morgan fingerprint density at radius 3 is 3.30 bits per heavy atom. The highest BCUT2D eigenvalue weighted by Gasteiger charge is 1.97. The van der Waals surface area contributed by atoms with E-state index in [1.807, 2.05) is 25.1 Å². The summed E-state index contributed by atoms with van der Waals surface area (Å²) in [6.07, 6.45) is 0. The standard InChI is InChI=1S/C8H6NO/c1-6-9-7-4-2-3-5-8(7)10-6/h2-3,5H,1H3. The zero-order chi connectivity index (χ0) is 6.97. The molecule has 0 saturated carbocycles. The summed E-state index contributed by atoms with van der Waals surface area (Å²) in [6, 6.07) is 8.55. The van der Waals surface area contributed by atoms with Crippen molar-refractivity contribution >= 4 is 11.1 Å². The molecule has 0 bridgehead atoms. The van der Waals surface area contributed by atoms with Crippen LogP contribution in [0.5, 0.6) is 0 Å². The molecular formula is C8H6NO. The summed E-state index contributed by atoms with van der Waals surface area (Å²) in [5.74, 6) is 0.692. The molecule has 0 aliphatic heterocycles. The van der Waals surface area contributed by atoms with E-state index < -0.39 is 0 Å². The first-order chi connectivity index (χ1) is 4.86. The van der Waals surface area contributed by atoms with Gasteiger partial charge in [0.1, 0.15) is 5.52 Å². The molecule has 10 heavy (non-hydrogen) atoms. The van der Waals surface area contributed by atoms with Gasteiger partial charge in [-0.2, -0.15) is 0 Å². The number of benzene rings is 1. The van der Waals surface area contributed by atoms with E-state index in [1.54, 1.807) is 0 Å². The first-order valence-electron chi connectivity index (χ1n) is 3.10. The molecule has 1 heterocycles. The zero-order valence-electron chi connectivity index (χ0n) is 5.59. The predicted molar refractivity (Wildman–Crippen MR) is 37.6 cm³/mol. The minimum atomic E-state index is 0.692. The summed E-state index contributed by atoms with van der Waals surface area (Å²) in [5, 5.41) is 0. The van der Waals surface area contributed by atoms with E-state index in [0.29, 0.717) is 5.89 Å². The lowest BCUT2D eigenvalue weighted by molar-refractivity contribution is 0.561. The monoisotopic (exact) mass is 132 g/mol. The van der Waals surface area contributed by atoms with Gasteiger partial charge in [0.05, 0.1) is 0 Å². The van der Waals surface area contributed by atoms with Crippen molar-refractivity contribution < 1.29 is 4.42 Å². The second-order valence-corrected chi connectivity index (χ2v) is 2.12. The van der Waals surface area contributed by atoms with Crippen LogP contribution >= 0.6 is 0 Å². The molecule has 2 heteroatoms.